The number of amides is 1. The minimum atomic E-state index is -0.746. The molecule has 2 aromatic carbocycles. The Morgan fingerprint density at radius 2 is 1.81 bits per heavy atom. The summed E-state index contributed by atoms with van der Waals surface area (Å²) in [4.78, 5) is 11.7. The summed E-state index contributed by atoms with van der Waals surface area (Å²) < 4.78 is 31.8. The van der Waals surface area contributed by atoms with Crippen LogP contribution in [0.5, 0.6) is 5.75 Å². The van der Waals surface area contributed by atoms with E-state index in [0.29, 0.717) is 11.4 Å². The van der Waals surface area contributed by atoms with E-state index in [1.165, 1.54) is 13.2 Å². The van der Waals surface area contributed by atoms with Gasteiger partial charge in [0.1, 0.15) is 23.1 Å². The third-order valence-electron chi connectivity index (χ3n) is 2.74. The molecular weight excluding hydrogens is 278 g/mol. The summed E-state index contributed by atoms with van der Waals surface area (Å²) >= 11 is 0. The van der Waals surface area contributed by atoms with Gasteiger partial charge in [-0.2, -0.15) is 0 Å². The number of ether oxygens (including phenoxy) is 1. The fourth-order valence-corrected chi connectivity index (χ4v) is 1.74. The molecule has 0 saturated heterocycles. The summed E-state index contributed by atoms with van der Waals surface area (Å²) in [6, 6.07) is 10.3. The Morgan fingerprint density at radius 1 is 1.14 bits per heavy atom. The molecule has 2 N–H and O–H groups in total. The Kier molecular flexibility index (Phi) is 4.71. The van der Waals surface area contributed by atoms with Crippen LogP contribution in [0.3, 0.4) is 0 Å². The average Bonchev–Trinajstić information content (AvgIpc) is 2.47. The molecular formula is C15H14F2N2O2. The predicted octanol–water partition coefficient (Wildman–Crippen LogP) is 3.02. The average molecular weight is 292 g/mol. The molecule has 0 heterocycles. The van der Waals surface area contributed by atoms with Gasteiger partial charge < -0.3 is 15.4 Å². The van der Waals surface area contributed by atoms with E-state index in [1.807, 2.05) is 0 Å². The topological polar surface area (TPSA) is 50.4 Å². The van der Waals surface area contributed by atoms with Crippen LogP contribution in [0.1, 0.15) is 0 Å². The number of hydrogen-bond acceptors (Lipinski definition) is 3. The van der Waals surface area contributed by atoms with Crippen molar-refractivity contribution in [2.24, 2.45) is 0 Å². The van der Waals surface area contributed by atoms with Gasteiger partial charge in [0.2, 0.25) is 5.91 Å². The van der Waals surface area contributed by atoms with Crippen LogP contribution < -0.4 is 15.4 Å². The van der Waals surface area contributed by atoms with E-state index < -0.39 is 17.5 Å². The van der Waals surface area contributed by atoms with Crippen molar-refractivity contribution in [2.75, 3.05) is 24.3 Å². The van der Waals surface area contributed by atoms with Crippen LogP contribution in [0.4, 0.5) is 20.2 Å². The molecule has 1 amide bonds. The van der Waals surface area contributed by atoms with Gasteiger partial charge in [0.25, 0.3) is 0 Å². The fourth-order valence-electron chi connectivity index (χ4n) is 1.74. The largest absolute Gasteiger partial charge is 0.497 e. The first-order valence-electron chi connectivity index (χ1n) is 6.22. The molecule has 0 bridgehead atoms. The standard InChI is InChI=1S/C15H14F2N2O2/c1-21-11-5-2-4-10(8-11)19-14(20)9-18-15-12(16)6-3-7-13(15)17/h2-8,18H,9H2,1H3,(H,19,20). The molecule has 6 heteroatoms. The number of anilines is 2. The summed E-state index contributed by atoms with van der Waals surface area (Å²) in [6.45, 7) is -0.255. The van der Waals surface area contributed by atoms with E-state index in [9.17, 15) is 13.6 Å². The number of para-hydroxylation sites is 1. The van der Waals surface area contributed by atoms with Crippen molar-refractivity contribution in [3.63, 3.8) is 0 Å². The number of carbonyl (C=O) groups excluding carboxylic acids is 1. The van der Waals surface area contributed by atoms with E-state index in [4.69, 9.17) is 4.74 Å². The van der Waals surface area contributed by atoms with Gasteiger partial charge in [0, 0.05) is 11.8 Å². The van der Waals surface area contributed by atoms with E-state index in [2.05, 4.69) is 10.6 Å². The zero-order chi connectivity index (χ0) is 15.2. The number of methoxy groups -OCH3 is 1. The second kappa shape index (κ2) is 6.69. The number of nitrogens with one attached hydrogen (secondary N) is 2. The summed E-state index contributed by atoms with van der Waals surface area (Å²) in [5.41, 5.74) is 0.216. The molecule has 0 radical (unpaired) electrons. The molecule has 4 nitrogen and oxygen atoms in total. The molecule has 0 spiro atoms. The van der Waals surface area contributed by atoms with Crippen molar-refractivity contribution in [1.29, 1.82) is 0 Å². The molecule has 2 aromatic rings. The minimum Gasteiger partial charge on any atom is -0.497 e. The zero-order valence-electron chi connectivity index (χ0n) is 11.3. The van der Waals surface area contributed by atoms with Gasteiger partial charge in [-0.05, 0) is 24.3 Å². The van der Waals surface area contributed by atoms with E-state index in [1.54, 1.807) is 24.3 Å². The van der Waals surface area contributed by atoms with Crippen molar-refractivity contribution in [3.8, 4) is 5.75 Å². The van der Waals surface area contributed by atoms with Gasteiger partial charge >= 0.3 is 0 Å². The van der Waals surface area contributed by atoms with Gasteiger partial charge in [-0.15, -0.1) is 0 Å². The van der Waals surface area contributed by atoms with Gasteiger partial charge in [0.05, 0.1) is 13.7 Å². The molecule has 2 rings (SSSR count). The number of benzene rings is 2. The van der Waals surface area contributed by atoms with Crippen molar-refractivity contribution in [2.45, 2.75) is 0 Å². The Balaban J connectivity index is 1.96. The summed E-state index contributed by atoms with van der Waals surface area (Å²) in [7, 11) is 1.52. The fraction of sp³-hybridized carbons (Fsp3) is 0.133. The molecule has 0 saturated carbocycles. The van der Waals surface area contributed by atoms with Crippen LogP contribution in [-0.4, -0.2) is 19.6 Å². The number of hydrogen-bond donors (Lipinski definition) is 2. The second-order valence-electron chi connectivity index (χ2n) is 4.23. The Morgan fingerprint density at radius 3 is 2.48 bits per heavy atom. The monoisotopic (exact) mass is 292 g/mol. The maximum Gasteiger partial charge on any atom is 0.243 e. The van der Waals surface area contributed by atoms with Crippen LogP contribution >= 0.6 is 0 Å². The van der Waals surface area contributed by atoms with E-state index in [0.717, 1.165) is 12.1 Å². The molecule has 0 atom stereocenters. The molecule has 0 unspecified atom stereocenters. The van der Waals surface area contributed by atoms with Crippen LogP contribution in [0, 0.1) is 11.6 Å². The van der Waals surface area contributed by atoms with Crippen LogP contribution in [0.15, 0.2) is 42.5 Å². The lowest BCUT2D eigenvalue weighted by atomic mass is 10.3. The highest BCUT2D eigenvalue weighted by Gasteiger charge is 2.10. The Bertz CT molecular complexity index is 627. The van der Waals surface area contributed by atoms with Crippen LogP contribution in [0.2, 0.25) is 0 Å². The molecule has 0 fully saturated rings. The lowest BCUT2D eigenvalue weighted by Crippen LogP contribution is -2.22. The van der Waals surface area contributed by atoms with Gasteiger partial charge in [0.15, 0.2) is 0 Å². The number of rotatable bonds is 5. The highest BCUT2D eigenvalue weighted by molar-refractivity contribution is 5.93. The maximum absolute atomic E-state index is 13.4. The second-order valence-corrected chi connectivity index (χ2v) is 4.23. The van der Waals surface area contributed by atoms with Gasteiger partial charge in [-0.3, -0.25) is 4.79 Å². The summed E-state index contributed by atoms with van der Waals surface area (Å²) in [5, 5.41) is 5.04. The molecule has 0 aliphatic rings. The van der Waals surface area contributed by atoms with E-state index >= 15 is 0 Å². The van der Waals surface area contributed by atoms with Crippen LogP contribution in [0.25, 0.3) is 0 Å². The highest BCUT2D eigenvalue weighted by Crippen LogP contribution is 2.18. The normalized spacial score (nSPS) is 10.0. The van der Waals surface area contributed by atoms with Crippen LogP contribution in [-0.2, 0) is 4.79 Å². The maximum atomic E-state index is 13.4. The quantitative estimate of drug-likeness (QED) is 0.890. The van der Waals surface area contributed by atoms with Crippen molar-refractivity contribution in [1.82, 2.24) is 0 Å². The Hall–Kier alpha value is -2.63. The minimum absolute atomic E-state index is 0.255. The number of halogens is 2. The lowest BCUT2D eigenvalue weighted by Gasteiger charge is -2.10. The lowest BCUT2D eigenvalue weighted by molar-refractivity contribution is -0.114. The van der Waals surface area contributed by atoms with E-state index in [-0.39, 0.29) is 12.2 Å². The van der Waals surface area contributed by atoms with Crippen molar-refractivity contribution in [3.05, 3.63) is 54.1 Å². The number of carbonyl (C=O) groups is 1. The molecule has 110 valence electrons. The Labute approximate surface area is 120 Å². The third-order valence-corrected chi connectivity index (χ3v) is 2.74. The molecule has 0 aliphatic carbocycles. The molecule has 21 heavy (non-hydrogen) atoms. The predicted molar refractivity (Wildman–Crippen MR) is 76.5 cm³/mol. The SMILES string of the molecule is COc1cccc(NC(=O)CNc2c(F)cccc2F)c1. The summed E-state index contributed by atoms with van der Waals surface area (Å²) in [6.07, 6.45) is 0. The smallest absolute Gasteiger partial charge is 0.243 e. The summed E-state index contributed by atoms with van der Waals surface area (Å²) in [5.74, 6) is -1.32. The van der Waals surface area contributed by atoms with Crippen molar-refractivity contribution >= 4 is 17.3 Å². The first-order valence-corrected chi connectivity index (χ1v) is 6.22. The molecule has 0 aromatic heterocycles. The zero-order valence-corrected chi connectivity index (χ0v) is 11.3. The van der Waals surface area contributed by atoms with Gasteiger partial charge in [-0.25, -0.2) is 8.78 Å². The van der Waals surface area contributed by atoms with Crippen molar-refractivity contribution < 1.29 is 18.3 Å². The first kappa shape index (κ1) is 14.8. The van der Waals surface area contributed by atoms with Gasteiger partial charge in [-0.1, -0.05) is 12.1 Å². The molecule has 0 aliphatic heterocycles. The highest BCUT2D eigenvalue weighted by atomic mass is 19.1. The first-order chi connectivity index (χ1) is 10.1. The third kappa shape index (κ3) is 3.92.